The Hall–Kier alpha value is -3.01. The molecule has 0 bridgehead atoms. The van der Waals surface area contributed by atoms with E-state index < -0.39 is 23.9 Å². The number of carbonyl (C=O) groups excluding carboxylic acids is 2. The van der Waals surface area contributed by atoms with E-state index in [2.05, 4.69) is 16.6 Å². The van der Waals surface area contributed by atoms with Crippen molar-refractivity contribution in [3.8, 4) is 12.3 Å². The van der Waals surface area contributed by atoms with Crippen molar-refractivity contribution >= 4 is 23.6 Å². The number of carbonyl (C=O) groups is 3. The molecule has 0 aromatic heterocycles. The largest absolute Gasteiger partial charge is 0.480 e. The molecule has 110 valence electrons. The molecule has 0 saturated carbocycles. The van der Waals surface area contributed by atoms with Gasteiger partial charge in [-0.3, -0.25) is 4.79 Å². The van der Waals surface area contributed by atoms with E-state index in [1.54, 1.807) is 24.3 Å². The van der Waals surface area contributed by atoms with Gasteiger partial charge >= 0.3 is 12.0 Å². The Bertz CT molecular complexity index is 592. The zero-order valence-electron chi connectivity index (χ0n) is 11.1. The van der Waals surface area contributed by atoms with Gasteiger partial charge in [-0.25, -0.2) is 9.59 Å². The highest BCUT2D eigenvalue weighted by Gasteiger charge is 2.20. The quantitative estimate of drug-likeness (QED) is 0.570. The maximum Gasteiger partial charge on any atom is 0.326 e. The van der Waals surface area contributed by atoms with Crippen LogP contribution in [0.4, 0.5) is 10.5 Å². The van der Waals surface area contributed by atoms with Crippen LogP contribution in [-0.2, 0) is 9.59 Å². The minimum Gasteiger partial charge on any atom is -0.480 e. The molecule has 1 atom stereocenters. The molecule has 1 aromatic carbocycles. The number of hydrogen-bond acceptors (Lipinski definition) is 3. The van der Waals surface area contributed by atoms with Crippen LogP contribution < -0.4 is 16.4 Å². The Balaban J connectivity index is 2.63. The summed E-state index contributed by atoms with van der Waals surface area (Å²) in [5.74, 6) is 0.535. The third kappa shape index (κ3) is 5.65. The third-order valence-corrected chi connectivity index (χ3v) is 2.57. The van der Waals surface area contributed by atoms with Gasteiger partial charge in [0.25, 0.3) is 0 Å². The summed E-state index contributed by atoms with van der Waals surface area (Å²) in [7, 11) is 0. The molecular weight excluding hydrogens is 274 g/mol. The minimum atomic E-state index is -1.25. The van der Waals surface area contributed by atoms with Gasteiger partial charge in [0, 0.05) is 17.7 Å². The molecule has 0 fully saturated rings. The Kier molecular flexibility index (Phi) is 5.77. The third-order valence-electron chi connectivity index (χ3n) is 2.57. The lowest BCUT2D eigenvalue weighted by Gasteiger charge is -2.14. The van der Waals surface area contributed by atoms with Gasteiger partial charge in [-0.1, -0.05) is 12.0 Å². The molecule has 1 rings (SSSR count). The second-order valence-electron chi connectivity index (χ2n) is 4.22. The SMILES string of the molecule is C#Cc1cccc(NC(=O)N[C@@H](CCC(N)=O)C(=O)O)c1. The number of nitrogens with two attached hydrogens (primary N) is 1. The summed E-state index contributed by atoms with van der Waals surface area (Å²) < 4.78 is 0. The molecule has 0 aliphatic heterocycles. The standard InChI is InChI=1S/C14H15N3O4/c1-2-9-4-3-5-10(8-9)16-14(21)17-11(13(19)20)6-7-12(15)18/h1,3-5,8,11H,6-7H2,(H2,15,18)(H,19,20)(H2,16,17,21)/t11-/m0/s1. The van der Waals surface area contributed by atoms with Crippen LogP contribution in [0.1, 0.15) is 18.4 Å². The number of urea groups is 1. The van der Waals surface area contributed by atoms with Gasteiger partial charge in [0.1, 0.15) is 6.04 Å². The highest BCUT2D eigenvalue weighted by Crippen LogP contribution is 2.09. The number of nitrogens with one attached hydrogen (secondary N) is 2. The molecule has 0 spiro atoms. The number of hydrogen-bond donors (Lipinski definition) is 4. The summed E-state index contributed by atoms with van der Waals surface area (Å²) >= 11 is 0. The highest BCUT2D eigenvalue weighted by atomic mass is 16.4. The molecule has 0 aliphatic carbocycles. The number of benzene rings is 1. The van der Waals surface area contributed by atoms with Crippen molar-refractivity contribution in [1.82, 2.24) is 5.32 Å². The van der Waals surface area contributed by atoms with Crippen LogP contribution >= 0.6 is 0 Å². The highest BCUT2D eigenvalue weighted by molar-refractivity contribution is 5.92. The normalized spacial score (nSPS) is 11.0. The number of carboxylic acids is 1. The molecule has 7 nitrogen and oxygen atoms in total. The van der Waals surface area contributed by atoms with E-state index in [4.69, 9.17) is 17.3 Å². The van der Waals surface area contributed by atoms with Crippen LogP contribution in [0.25, 0.3) is 0 Å². The monoisotopic (exact) mass is 289 g/mol. The molecule has 3 amide bonds. The van der Waals surface area contributed by atoms with E-state index in [1.165, 1.54) is 0 Å². The van der Waals surface area contributed by atoms with Crippen molar-refractivity contribution in [1.29, 1.82) is 0 Å². The summed E-state index contributed by atoms with van der Waals surface area (Å²) in [5, 5.41) is 13.7. The Morgan fingerprint density at radius 1 is 1.38 bits per heavy atom. The number of terminal acetylenes is 1. The maximum absolute atomic E-state index is 11.7. The molecule has 21 heavy (non-hydrogen) atoms. The number of anilines is 1. The lowest BCUT2D eigenvalue weighted by Crippen LogP contribution is -2.43. The van der Waals surface area contributed by atoms with E-state index in [0.29, 0.717) is 11.3 Å². The zero-order chi connectivity index (χ0) is 15.8. The van der Waals surface area contributed by atoms with Crippen molar-refractivity contribution in [2.45, 2.75) is 18.9 Å². The summed E-state index contributed by atoms with van der Waals surface area (Å²) in [6.07, 6.45) is 5.02. The van der Waals surface area contributed by atoms with E-state index in [0.717, 1.165) is 0 Å². The maximum atomic E-state index is 11.7. The topological polar surface area (TPSA) is 122 Å². The van der Waals surface area contributed by atoms with Crippen molar-refractivity contribution in [3.05, 3.63) is 29.8 Å². The van der Waals surface area contributed by atoms with Crippen molar-refractivity contribution in [2.24, 2.45) is 5.73 Å². The molecule has 0 heterocycles. The van der Waals surface area contributed by atoms with E-state index in [1.807, 2.05) is 0 Å². The molecule has 0 saturated heterocycles. The minimum absolute atomic E-state index is 0.0809. The Morgan fingerprint density at radius 3 is 2.67 bits per heavy atom. The predicted molar refractivity (Wildman–Crippen MR) is 76.4 cm³/mol. The second kappa shape index (κ2) is 7.55. The number of aliphatic carboxylic acids is 1. The molecule has 0 unspecified atom stereocenters. The van der Waals surface area contributed by atoms with Gasteiger partial charge in [-0.15, -0.1) is 6.42 Å². The molecule has 0 radical (unpaired) electrons. The average Bonchev–Trinajstić information content (AvgIpc) is 2.43. The summed E-state index contributed by atoms with van der Waals surface area (Å²) in [6, 6.07) is 4.62. The number of carboxylic acid groups (broad SMARTS) is 1. The molecular formula is C14H15N3O4. The van der Waals surface area contributed by atoms with Gasteiger partial charge in [-0.2, -0.15) is 0 Å². The number of rotatable bonds is 6. The zero-order valence-corrected chi connectivity index (χ0v) is 11.1. The van der Waals surface area contributed by atoms with Gasteiger partial charge in [0.15, 0.2) is 0 Å². The van der Waals surface area contributed by atoms with Gasteiger partial charge < -0.3 is 21.5 Å². The van der Waals surface area contributed by atoms with Gasteiger partial charge in [0.05, 0.1) is 0 Å². The lowest BCUT2D eigenvalue weighted by atomic mass is 10.1. The smallest absolute Gasteiger partial charge is 0.326 e. The fourth-order valence-electron chi connectivity index (χ4n) is 1.56. The van der Waals surface area contributed by atoms with Crippen LogP contribution in [0.15, 0.2) is 24.3 Å². The Labute approximate surface area is 121 Å². The fourth-order valence-corrected chi connectivity index (χ4v) is 1.56. The Morgan fingerprint density at radius 2 is 2.10 bits per heavy atom. The first-order valence-corrected chi connectivity index (χ1v) is 6.07. The number of primary amides is 1. The van der Waals surface area contributed by atoms with Crippen molar-refractivity contribution in [3.63, 3.8) is 0 Å². The predicted octanol–water partition coefficient (Wildman–Crippen LogP) is 0.508. The van der Waals surface area contributed by atoms with Crippen LogP contribution in [-0.4, -0.2) is 29.1 Å². The van der Waals surface area contributed by atoms with E-state index >= 15 is 0 Å². The lowest BCUT2D eigenvalue weighted by molar-refractivity contribution is -0.139. The summed E-state index contributed by atoms with van der Waals surface area (Å²) in [6.45, 7) is 0. The summed E-state index contributed by atoms with van der Waals surface area (Å²) in [5.41, 5.74) is 5.96. The first-order valence-electron chi connectivity index (χ1n) is 6.07. The van der Waals surface area contributed by atoms with E-state index in [-0.39, 0.29) is 12.8 Å². The molecule has 5 N–H and O–H groups in total. The summed E-state index contributed by atoms with van der Waals surface area (Å²) in [4.78, 5) is 33.4. The van der Waals surface area contributed by atoms with Gasteiger partial charge in [-0.05, 0) is 24.6 Å². The van der Waals surface area contributed by atoms with Crippen LogP contribution in [0.2, 0.25) is 0 Å². The van der Waals surface area contributed by atoms with Crippen LogP contribution in [0.5, 0.6) is 0 Å². The molecule has 0 aliphatic rings. The van der Waals surface area contributed by atoms with Crippen LogP contribution in [0, 0.1) is 12.3 Å². The first-order chi connectivity index (χ1) is 9.92. The molecule has 1 aromatic rings. The second-order valence-corrected chi connectivity index (χ2v) is 4.22. The van der Waals surface area contributed by atoms with Crippen molar-refractivity contribution in [2.75, 3.05) is 5.32 Å². The number of amides is 3. The van der Waals surface area contributed by atoms with Crippen molar-refractivity contribution < 1.29 is 19.5 Å². The average molecular weight is 289 g/mol. The first kappa shape index (κ1) is 16.0. The van der Waals surface area contributed by atoms with E-state index in [9.17, 15) is 14.4 Å². The van der Waals surface area contributed by atoms with Crippen LogP contribution in [0.3, 0.4) is 0 Å². The fraction of sp³-hybridized carbons (Fsp3) is 0.214. The molecule has 7 heteroatoms. The van der Waals surface area contributed by atoms with Gasteiger partial charge in [0.2, 0.25) is 5.91 Å².